The van der Waals surface area contributed by atoms with E-state index in [1.807, 2.05) is 29.3 Å². The summed E-state index contributed by atoms with van der Waals surface area (Å²) in [4.78, 5) is 27.7. The highest BCUT2D eigenvalue weighted by molar-refractivity contribution is 6.31. The van der Waals surface area contributed by atoms with Crippen molar-refractivity contribution in [1.82, 2.24) is 49.8 Å². The number of halogens is 2. The van der Waals surface area contributed by atoms with Crippen LogP contribution in [-0.4, -0.2) is 61.8 Å². The van der Waals surface area contributed by atoms with Gasteiger partial charge in [0.2, 0.25) is 5.91 Å². The molecule has 7 rings (SSSR count). The summed E-state index contributed by atoms with van der Waals surface area (Å²) in [7, 11) is 0. The number of rotatable bonds is 5. The molecular formula is C26H20ClFN10O. The van der Waals surface area contributed by atoms with E-state index in [0.29, 0.717) is 29.3 Å². The molecule has 2 aliphatic heterocycles. The number of nitrogens with zero attached hydrogens (tertiary/aromatic N) is 9. The first-order chi connectivity index (χ1) is 19.1. The van der Waals surface area contributed by atoms with Crippen molar-refractivity contribution in [3.63, 3.8) is 0 Å². The highest BCUT2D eigenvalue weighted by atomic mass is 35.5. The lowest BCUT2D eigenvalue weighted by Gasteiger charge is -2.33. The zero-order valence-corrected chi connectivity index (χ0v) is 21.1. The number of hydrogen-bond donors (Lipinski definition) is 1. The molecule has 0 unspecified atom stereocenters. The van der Waals surface area contributed by atoms with Crippen molar-refractivity contribution < 1.29 is 9.18 Å². The molecule has 13 heteroatoms. The molecule has 11 nitrogen and oxygen atoms in total. The maximum atomic E-state index is 15.3. The number of tetrazole rings is 1. The lowest BCUT2D eigenvalue weighted by molar-refractivity contribution is -0.129. The summed E-state index contributed by atoms with van der Waals surface area (Å²) in [6, 6.07) is 8.42. The second-order valence-corrected chi connectivity index (χ2v) is 9.82. The van der Waals surface area contributed by atoms with Crippen LogP contribution in [0.3, 0.4) is 0 Å². The molecule has 4 aromatic heterocycles. The van der Waals surface area contributed by atoms with E-state index >= 15 is 4.39 Å². The van der Waals surface area contributed by atoms with E-state index in [1.165, 1.54) is 23.2 Å². The molecule has 1 saturated heterocycles. The third kappa shape index (κ3) is 4.00. The molecule has 0 radical (unpaired) electrons. The largest absolute Gasteiger partial charge is 0.340 e. The van der Waals surface area contributed by atoms with Crippen LogP contribution in [0.4, 0.5) is 4.39 Å². The van der Waals surface area contributed by atoms with Crippen LogP contribution in [0.1, 0.15) is 36.7 Å². The van der Waals surface area contributed by atoms with Gasteiger partial charge in [0.05, 0.1) is 28.6 Å². The number of fused-ring (bicyclic) bond motifs is 1. The standard InChI is InChI=1S/C26H20ClFN10O/c27-18-3-5-20(37-14-31-34-35-37)24(25(18)28)16-10-17-2-4-21(38(17)23(39)12-16)26-30-13-19(33-26)15-6-8-29-22(11-15)36-9-1-7-32-36/h1,3,5-9,11-14,17,21H,2,4,10H2,(H,30,33)/t17-,21+/m1/s1. The van der Waals surface area contributed by atoms with E-state index < -0.39 is 5.82 Å². The Morgan fingerprint density at radius 3 is 2.85 bits per heavy atom. The quantitative estimate of drug-likeness (QED) is 0.357. The number of aromatic amines is 1. The molecule has 194 valence electrons. The smallest absolute Gasteiger partial charge is 0.247 e. The van der Waals surface area contributed by atoms with Gasteiger partial charge in [-0.15, -0.1) is 5.10 Å². The van der Waals surface area contributed by atoms with Crippen molar-refractivity contribution in [3.05, 3.63) is 89.8 Å². The number of aromatic nitrogens is 9. The predicted octanol–water partition coefficient (Wildman–Crippen LogP) is 3.95. The van der Waals surface area contributed by atoms with Crippen molar-refractivity contribution in [2.24, 2.45) is 0 Å². The Hall–Kier alpha value is -4.71. The first-order valence-electron chi connectivity index (χ1n) is 12.3. The van der Waals surface area contributed by atoms with Gasteiger partial charge in [-0.05, 0) is 65.6 Å². The van der Waals surface area contributed by atoms with Gasteiger partial charge in [0, 0.05) is 41.8 Å². The van der Waals surface area contributed by atoms with Crippen LogP contribution in [0.5, 0.6) is 0 Å². The van der Waals surface area contributed by atoms with Crippen LogP contribution in [0.2, 0.25) is 5.02 Å². The molecule has 0 aliphatic carbocycles. The Morgan fingerprint density at radius 1 is 1.10 bits per heavy atom. The van der Waals surface area contributed by atoms with Crippen LogP contribution >= 0.6 is 11.6 Å². The summed E-state index contributed by atoms with van der Waals surface area (Å²) in [5.41, 5.74) is 2.94. The summed E-state index contributed by atoms with van der Waals surface area (Å²) >= 11 is 6.13. The van der Waals surface area contributed by atoms with Crippen molar-refractivity contribution in [2.75, 3.05) is 0 Å². The number of hydrogen-bond acceptors (Lipinski definition) is 7. The lowest BCUT2D eigenvalue weighted by Crippen LogP contribution is -2.39. The van der Waals surface area contributed by atoms with Crippen molar-refractivity contribution in [2.45, 2.75) is 31.3 Å². The van der Waals surface area contributed by atoms with Crippen LogP contribution in [0.25, 0.3) is 28.3 Å². The molecule has 0 spiro atoms. The van der Waals surface area contributed by atoms with Crippen LogP contribution in [0.15, 0.2) is 67.5 Å². The number of nitrogens with one attached hydrogen (secondary N) is 1. The number of benzene rings is 1. The van der Waals surface area contributed by atoms with Crippen molar-refractivity contribution >= 4 is 23.1 Å². The first-order valence-corrected chi connectivity index (χ1v) is 12.7. The van der Waals surface area contributed by atoms with Gasteiger partial charge in [0.15, 0.2) is 11.6 Å². The van der Waals surface area contributed by atoms with Crippen LogP contribution < -0.4 is 0 Å². The number of carbonyl (C=O) groups excluding carboxylic acids is 1. The normalized spacial score (nSPS) is 18.9. The average molecular weight is 543 g/mol. The minimum absolute atomic E-state index is 0.0307. The topological polar surface area (TPSA) is 123 Å². The number of H-pyrrole nitrogens is 1. The Morgan fingerprint density at radius 2 is 2.03 bits per heavy atom. The molecule has 0 bridgehead atoms. The summed E-state index contributed by atoms with van der Waals surface area (Å²) < 4.78 is 18.4. The van der Waals surface area contributed by atoms with E-state index in [0.717, 1.165) is 24.1 Å². The molecule has 0 saturated carbocycles. The maximum Gasteiger partial charge on any atom is 0.247 e. The number of imidazole rings is 1. The van der Waals surface area contributed by atoms with Crippen LogP contribution in [-0.2, 0) is 4.79 Å². The third-order valence-corrected chi connectivity index (χ3v) is 7.50. The second kappa shape index (κ2) is 9.24. The van der Waals surface area contributed by atoms with E-state index in [1.54, 1.807) is 29.3 Å². The molecule has 1 aromatic carbocycles. The molecule has 1 N–H and O–H groups in total. The monoisotopic (exact) mass is 542 g/mol. The highest BCUT2D eigenvalue weighted by Crippen LogP contribution is 2.44. The van der Waals surface area contributed by atoms with Gasteiger partial charge in [0.25, 0.3) is 0 Å². The molecule has 6 heterocycles. The van der Waals surface area contributed by atoms with E-state index in [-0.39, 0.29) is 28.6 Å². The summed E-state index contributed by atoms with van der Waals surface area (Å²) in [5.74, 6) is 0.592. The molecule has 1 fully saturated rings. The predicted molar refractivity (Wildman–Crippen MR) is 138 cm³/mol. The van der Waals surface area contributed by atoms with Gasteiger partial charge in [-0.2, -0.15) is 9.78 Å². The van der Waals surface area contributed by atoms with Gasteiger partial charge in [-0.25, -0.2) is 19.0 Å². The minimum atomic E-state index is -0.603. The average Bonchev–Trinajstić information content (AvgIpc) is 3.76. The molecular weight excluding hydrogens is 523 g/mol. The maximum absolute atomic E-state index is 15.3. The third-order valence-electron chi connectivity index (χ3n) is 7.21. The Bertz CT molecular complexity index is 1710. The van der Waals surface area contributed by atoms with E-state index in [2.05, 4.69) is 35.6 Å². The van der Waals surface area contributed by atoms with Gasteiger partial charge in [-0.1, -0.05) is 11.6 Å². The number of carbonyl (C=O) groups is 1. The first kappa shape index (κ1) is 23.4. The van der Waals surface area contributed by atoms with Gasteiger partial charge in [0.1, 0.15) is 12.2 Å². The van der Waals surface area contributed by atoms with E-state index in [9.17, 15) is 4.79 Å². The zero-order chi connectivity index (χ0) is 26.5. The van der Waals surface area contributed by atoms with Gasteiger partial charge in [-0.3, -0.25) is 4.79 Å². The Balaban J connectivity index is 1.19. The van der Waals surface area contributed by atoms with Crippen molar-refractivity contribution in [3.8, 4) is 22.8 Å². The van der Waals surface area contributed by atoms with E-state index in [4.69, 9.17) is 11.6 Å². The fourth-order valence-electron chi connectivity index (χ4n) is 5.47. The molecule has 1 amide bonds. The molecule has 2 aliphatic rings. The van der Waals surface area contributed by atoms with Crippen LogP contribution in [0, 0.1) is 5.82 Å². The Kier molecular flexibility index (Phi) is 5.55. The number of amides is 1. The SMILES string of the molecule is O=C1C=C(c2c(-n3cnnn3)ccc(Cl)c2F)C[C@H]2CC[C@@H](c3ncc(-c4ccnc(-n5cccn5)c4)[nH]3)N12. The fourth-order valence-corrected chi connectivity index (χ4v) is 5.63. The van der Waals surface area contributed by atoms with Gasteiger partial charge < -0.3 is 9.88 Å². The van der Waals surface area contributed by atoms with Crippen molar-refractivity contribution in [1.29, 1.82) is 0 Å². The molecule has 39 heavy (non-hydrogen) atoms. The number of pyridine rings is 1. The molecule has 5 aromatic rings. The van der Waals surface area contributed by atoms with Gasteiger partial charge >= 0.3 is 0 Å². The molecule has 2 atom stereocenters. The summed E-state index contributed by atoms with van der Waals surface area (Å²) in [6.07, 6.45) is 11.8. The summed E-state index contributed by atoms with van der Waals surface area (Å²) in [5, 5.41) is 15.4. The fraction of sp³-hybridized carbons (Fsp3) is 0.192. The Labute approximate surface area is 226 Å². The second-order valence-electron chi connectivity index (χ2n) is 9.41. The minimum Gasteiger partial charge on any atom is -0.340 e. The summed E-state index contributed by atoms with van der Waals surface area (Å²) in [6.45, 7) is 0. The zero-order valence-electron chi connectivity index (χ0n) is 20.3. The highest BCUT2D eigenvalue weighted by Gasteiger charge is 2.42. The lowest BCUT2D eigenvalue weighted by atomic mass is 9.92.